The maximum absolute atomic E-state index is 14.6. The number of halogens is 1. The largest absolute Gasteiger partial charge is 0.375 e. The van der Waals surface area contributed by atoms with Gasteiger partial charge in [-0.25, -0.2) is 9.37 Å². The molecule has 2 rings (SSSR count). The molecule has 0 aliphatic carbocycles. The van der Waals surface area contributed by atoms with E-state index in [4.69, 9.17) is 5.73 Å². The van der Waals surface area contributed by atoms with Crippen LogP contribution in [0, 0.1) is 5.92 Å². The van der Waals surface area contributed by atoms with E-state index in [2.05, 4.69) is 10.3 Å². The Labute approximate surface area is 92.9 Å². The molecule has 0 aromatic carbocycles. The first-order valence-corrected chi connectivity index (χ1v) is 6.04. The van der Waals surface area contributed by atoms with E-state index >= 15 is 0 Å². The van der Waals surface area contributed by atoms with Crippen molar-refractivity contribution >= 4 is 16.5 Å². The highest BCUT2D eigenvalue weighted by molar-refractivity contribution is 7.15. The van der Waals surface area contributed by atoms with E-state index in [-0.39, 0.29) is 5.92 Å². The van der Waals surface area contributed by atoms with E-state index in [1.165, 1.54) is 11.3 Å². The molecule has 0 saturated carbocycles. The van der Waals surface area contributed by atoms with Gasteiger partial charge in [-0.3, -0.25) is 0 Å². The Hall–Kier alpha value is -0.680. The van der Waals surface area contributed by atoms with Crippen LogP contribution < -0.4 is 11.1 Å². The predicted octanol–water partition coefficient (Wildman–Crippen LogP) is 1.91. The van der Waals surface area contributed by atoms with Gasteiger partial charge < -0.3 is 11.1 Å². The van der Waals surface area contributed by atoms with Crippen LogP contribution in [-0.2, 0) is 5.67 Å². The molecule has 0 amide bonds. The van der Waals surface area contributed by atoms with Gasteiger partial charge >= 0.3 is 0 Å². The Morgan fingerprint density at radius 3 is 3.07 bits per heavy atom. The van der Waals surface area contributed by atoms with Crippen LogP contribution in [0.15, 0.2) is 6.20 Å². The lowest BCUT2D eigenvalue weighted by molar-refractivity contribution is 0.0848. The van der Waals surface area contributed by atoms with Crippen molar-refractivity contribution in [3.05, 3.63) is 11.1 Å². The maximum atomic E-state index is 14.6. The van der Waals surface area contributed by atoms with Crippen LogP contribution >= 0.6 is 11.3 Å². The number of thiazole rings is 1. The highest BCUT2D eigenvalue weighted by Crippen LogP contribution is 2.40. The monoisotopic (exact) mass is 229 g/mol. The van der Waals surface area contributed by atoms with Gasteiger partial charge in [-0.1, -0.05) is 11.3 Å². The minimum Gasteiger partial charge on any atom is -0.375 e. The van der Waals surface area contributed by atoms with Gasteiger partial charge in [-0.2, -0.15) is 0 Å². The molecule has 0 bridgehead atoms. The molecular weight excluding hydrogens is 213 g/mol. The molecule has 1 fully saturated rings. The molecule has 84 valence electrons. The number of nitrogens with two attached hydrogens (primary N) is 1. The molecule has 1 aliphatic heterocycles. The Bertz CT molecular complexity index is 331. The summed E-state index contributed by atoms with van der Waals surface area (Å²) < 4.78 is 14.6. The number of alkyl halides is 1. The summed E-state index contributed by atoms with van der Waals surface area (Å²) in [5.74, 6) is 0.0334. The Kier molecular flexibility index (Phi) is 2.93. The van der Waals surface area contributed by atoms with Crippen molar-refractivity contribution in [1.82, 2.24) is 10.3 Å². The van der Waals surface area contributed by atoms with Gasteiger partial charge in [0, 0.05) is 18.7 Å². The average Bonchev–Trinajstić information content (AvgIpc) is 2.67. The Morgan fingerprint density at radius 2 is 2.53 bits per heavy atom. The standard InChI is InChI=1S/C10H16FN3S/c1-10(11,7-3-2-4-13-5-7)8-6-14-9(12)15-8/h6-7,13H,2-5H2,1H3,(H2,12,14). The summed E-state index contributed by atoms with van der Waals surface area (Å²) in [5, 5.41) is 3.67. The topological polar surface area (TPSA) is 50.9 Å². The minimum atomic E-state index is -1.30. The molecule has 3 N–H and O–H groups in total. The number of nitrogen functional groups attached to an aromatic ring is 1. The first-order chi connectivity index (χ1) is 7.10. The molecule has 2 heterocycles. The summed E-state index contributed by atoms with van der Waals surface area (Å²) in [6.07, 6.45) is 3.53. The highest BCUT2D eigenvalue weighted by atomic mass is 32.1. The molecule has 1 aliphatic rings. The van der Waals surface area contributed by atoms with Gasteiger partial charge in [0.15, 0.2) is 5.13 Å². The molecule has 3 nitrogen and oxygen atoms in total. The summed E-state index contributed by atoms with van der Waals surface area (Å²) in [6, 6.07) is 0. The smallest absolute Gasteiger partial charge is 0.180 e. The fourth-order valence-corrected chi connectivity index (χ4v) is 2.83. The second-order valence-electron chi connectivity index (χ2n) is 4.18. The number of rotatable bonds is 2. The van der Waals surface area contributed by atoms with Crippen molar-refractivity contribution in [1.29, 1.82) is 0 Å². The number of hydrogen-bond donors (Lipinski definition) is 2. The fourth-order valence-electron chi connectivity index (χ4n) is 2.03. The molecular formula is C10H16FN3S. The third-order valence-electron chi connectivity index (χ3n) is 3.07. The quantitative estimate of drug-likeness (QED) is 0.814. The van der Waals surface area contributed by atoms with Crippen molar-refractivity contribution < 1.29 is 4.39 Å². The molecule has 0 radical (unpaired) electrons. The second-order valence-corrected chi connectivity index (χ2v) is 5.24. The van der Waals surface area contributed by atoms with Crippen molar-refractivity contribution in [3.8, 4) is 0 Å². The minimum absolute atomic E-state index is 0.0334. The summed E-state index contributed by atoms with van der Waals surface area (Å²) in [4.78, 5) is 4.56. The molecule has 0 spiro atoms. The lowest BCUT2D eigenvalue weighted by atomic mass is 9.84. The third-order valence-corrected chi connectivity index (χ3v) is 4.11. The summed E-state index contributed by atoms with van der Waals surface area (Å²) in [5.41, 5.74) is 4.23. The number of aromatic nitrogens is 1. The Balaban J connectivity index is 2.17. The summed E-state index contributed by atoms with van der Waals surface area (Å²) >= 11 is 1.25. The second kappa shape index (κ2) is 4.06. The Morgan fingerprint density at radius 1 is 1.73 bits per heavy atom. The number of nitrogens with one attached hydrogen (secondary N) is 1. The highest BCUT2D eigenvalue weighted by Gasteiger charge is 2.38. The van der Waals surface area contributed by atoms with Gasteiger partial charge in [0.05, 0.1) is 4.88 Å². The van der Waals surface area contributed by atoms with Crippen LogP contribution in [0.3, 0.4) is 0 Å². The van der Waals surface area contributed by atoms with E-state index in [1.54, 1.807) is 13.1 Å². The number of piperidine rings is 1. The predicted molar refractivity (Wildman–Crippen MR) is 60.6 cm³/mol. The van der Waals surface area contributed by atoms with Crippen LogP contribution in [0.2, 0.25) is 0 Å². The molecule has 1 aromatic rings. The molecule has 1 aromatic heterocycles. The maximum Gasteiger partial charge on any atom is 0.180 e. The van der Waals surface area contributed by atoms with Gasteiger partial charge in [-0.05, 0) is 26.3 Å². The zero-order valence-electron chi connectivity index (χ0n) is 8.79. The zero-order chi connectivity index (χ0) is 10.9. The number of nitrogens with zero attached hydrogens (tertiary/aromatic N) is 1. The molecule has 2 unspecified atom stereocenters. The third kappa shape index (κ3) is 2.13. The zero-order valence-corrected chi connectivity index (χ0v) is 9.61. The van der Waals surface area contributed by atoms with E-state index in [0.717, 1.165) is 25.9 Å². The van der Waals surface area contributed by atoms with E-state index < -0.39 is 5.67 Å². The lowest BCUT2D eigenvalue weighted by Gasteiger charge is -2.32. The van der Waals surface area contributed by atoms with Crippen molar-refractivity contribution in [2.45, 2.75) is 25.4 Å². The average molecular weight is 229 g/mol. The first-order valence-electron chi connectivity index (χ1n) is 5.22. The van der Waals surface area contributed by atoms with E-state index in [0.29, 0.717) is 10.0 Å². The number of anilines is 1. The van der Waals surface area contributed by atoms with E-state index in [1.807, 2.05) is 0 Å². The molecule has 5 heteroatoms. The lowest BCUT2D eigenvalue weighted by Crippen LogP contribution is -2.39. The van der Waals surface area contributed by atoms with Crippen LogP contribution in [0.25, 0.3) is 0 Å². The van der Waals surface area contributed by atoms with Crippen LogP contribution in [0.5, 0.6) is 0 Å². The van der Waals surface area contributed by atoms with Crippen LogP contribution in [0.1, 0.15) is 24.6 Å². The first kappa shape index (κ1) is 10.8. The van der Waals surface area contributed by atoms with Crippen molar-refractivity contribution in [2.75, 3.05) is 18.8 Å². The van der Waals surface area contributed by atoms with E-state index in [9.17, 15) is 4.39 Å². The summed E-state index contributed by atoms with van der Waals surface area (Å²) in [6.45, 7) is 3.37. The van der Waals surface area contributed by atoms with Gasteiger partial charge in [0.1, 0.15) is 5.67 Å². The van der Waals surface area contributed by atoms with Crippen LogP contribution in [-0.4, -0.2) is 18.1 Å². The van der Waals surface area contributed by atoms with Crippen LogP contribution in [0.4, 0.5) is 9.52 Å². The molecule has 2 atom stereocenters. The normalized spacial score (nSPS) is 26.1. The fraction of sp³-hybridized carbons (Fsp3) is 0.700. The van der Waals surface area contributed by atoms with Gasteiger partial charge in [0.25, 0.3) is 0 Å². The SMILES string of the molecule is CC(F)(c1cnc(N)s1)C1CCCNC1. The van der Waals surface area contributed by atoms with Crippen molar-refractivity contribution in [3.63, 3.8) is 0 Å². The van der Waals surface area contributed by atoms with Crippen molar-refractivity contribution in [2.24, 2.45) is 5.92 Å². The molecule has 15 heavy (non-hydrogen) atoms. The summed E-state index contributed by atoms with van der Waals surface area (Å²) in [7, 11) is 0. The van der Waals surface area contributed by atoms with Gasteiger partial charge in [-0.15, -0.1) is 0 Å². The van der Waals surface area contributed by atoms with Gasteiger partial charge in [0.2, 0.25) is 0 Å². The number of hydrogen-bond acceptors (Lipinski definition) is 4. The molecule has 1 saturated heterocycles.